The molecule has 1 aromatic carbocycles. The minimum absolute atomic E-state index is 0.0209. The number of methoxy groups -OCH3 is 1. The van der Waals surface area contributed by atoms with Gasteiger partial charge in [0.15, 0.2) is 17.4 Å². The van der Waals surface area contributed by atoms with Crippen molar-refractivity contribution in [1.29, 1.82) is 5.26 Å². The van der Waals surface area contributed by atoms with Crippen molar-refractivity contribution in [1.82, 2.24) is 4.98 Å². The number of anilines is 1. The average Bonchev–Trinajstić information content (AvgIpc) is 3.02. The molecule has 0 amide bonds. The van der Waals surface area contributed by atoms with E-state index < -0.39 is 5.92 Å². The summed E-state index contributed by atoms with van der Waals surface area (Å²) < 4.78 is 17.1. The van der Waals surface area contributed by atoms with Gasteiger partial charge < -0.3 is 24.9 Å². The maximum Gasteiger partial charge on any atom is 0.223 e. The zero-order valence-corrected chi connectivity index (χ0v) is 16.0. The third-order valence-electron chi connectivity index (χ3n) is 4.27. The van der Waals surface area contributed by atoms with Gasteiger partial charge in [0, 0.05) is 6.42 Å². The van der Waals surface area contributed by atoms with Gasteiger partial charge in [-0.3, -0.25) is 0 Å². The summed E-state index contributed by atoms with van der Waals surface area (Å²) in [6.07, 6.45) is 1.65. The lowest BCUT2D eigenvalue weighted by Gasteiger charge is -2.23. The fraction of sp³-hybridized carbons (Fsp3) is 0.400. The number of nitrogens with one attached hydrogen (secondary N) is 1. The maximum atomic E-state index is 9.69. The number of allylic oxidation sites excluding steroid dienone is 1. The Kier molecular flexibility index (Phi) is 5.26. The van der Waals surface area contributed by atoms with Gasteiger partial charge in [0.2, 0.25) is 5.88 Å². The Morgan fingerprint density at radius 3 is 2.78 bits per heavy atom. The van der Waals surface area contributed by atoms with E-state index in [-0.39, 0.29) is 11.9 Å². The third-order valence-corrected chi connectivity index (χ3v) is 4.27. The van der Waals surface area contributed by atoms with E-state index in [9.17, 15) is 5.26 Å². The molecule has 1 aromatic heterocycles. The van der Waals surface area contributed by atoms with Crippen LogP contribution in [0.1, 0.15) is 50.3 Å². The Morgan fingerprint density at radius 1 is 1.37 bits per heavy atom. The van der Waals surface area contributed by atoms with Crippen LogP contribution in [-0.4, -0.2) is 18.2 Å². The van der Waals surface area contributed by atoms with Gasteiger partial charge in [0.25, 0.3) is 0 Å². The molecular formula is C20H24N4O3. The van der Waals surface area contributed by atoms with E-state index in [0.717, 1.165) is 12.0 Å². The lowest BCUT2D eigenvalue weighted by atomic mass is 9.86. The van der Waals surface area contributed by atoms with E-state index >= 15 is 0 Å². The highest BCUT2D eigenvalue weighted by atomic mass is 16.5. The molecule has 1 unspecified atom stereocenters. The Bertz CT molecular complexity index is 908. The van der Waals surface area contributed by atoms with E-state index in [0.29, 0.717) is 41.0 Å². The Labute approximate surface area is 158 Å². The normalized spacial score (nSPS) is 15.9. The first kappa shape index (κ1) is 18.6. The number of ether oxygens (including phenoxy) is 2. The number of aromatic nitrogens is 1. The molecule has 2 aromatic rings. The highest BCUT2D eigenvalue weighted by molar-refractivity contribution is 5.62. The number of nitriles is 1. The lowest BCUT2D eigenvalue weighted by molar-refractivity contribution is 0.230. The van der Waals surface area contributed by atoms with E-state index in [4.69, 9.17) is 19.6 Å². The molecular weight excluding hydrogens is 344 g/mol. The van der Waals surface area contributed by atoms with Crippen molar-refractivity contribution in [2.45, 2.75) is 45.6 Å². The molecule has 2 heterocycles. The molecule has 7 heteroatoms. The van der Waals surface area contributed by atoms with E-state index in [1.807, 2.05) is 32.0 Å². The van der Waals surface area contributed by atoms with Crippen LogP contribution in [-0.2, 0) is 6.42 Å². The van der Waals surface area contributed by atoms with Crippen LogP contribution in [0.25, 0.3) is 0 Å². The van der Waals surface area contributed by atoms with Gasteiger partial charge in [0.1, 0.15) is 11.5 Å². The number of aryl methyl sites for hydroxylation is 1. The first-order valence-electron chi connectivity index (χ1n) is 8.99. The number of fused-ring (bicyclic) bond motifs is 1. The second-order valence-corrected chi connectivity index (χ2v) is 6.65. The zero-order valence-electron chi connectivity index (χ0n) is 16.0. The first-order chi connectivity index (χ1) is 13.0. The fourth-order valence-electron chi connectivity index (χ4n) is 3.13. The summed E-state index contributed by atoms with van der Waals surface area (Å²) >= 11 is 0. The smallest absolute Gasteiger partial charge is 0.223 e. The Balaban J connectivity index is 2.10. The molecule has 7 nitrogen and oxygen atoms in total. The number of nitrogens with two attached hydrogens (primary N) is 1. The summed E-state index contributed by atoms with van der Waals surface area (Å²) in [5, 5.41) is 12.6. The standard InChI is InChI=1S/C20H24N4O3/c1-5-6-16-23-18-17(13(10-21)19(22)24-20(18)27-16)12-7-8-14(26-11(2)3)15(9-12)25-4/h7-9,11,17,24H,5-6,22H2,1-4H3. The van der Waals surface area contributed by atoms with Crippen molar-refractivity contribution in [3.63, 3.8) is 0 Å². The van der Waals surface area contributed by atoms with Crippen molar-refractivity contribution in [3.8, 4) is 17.6 Å². The van der Waals surface area contributed by atoms with Crippen LogP contribution in [0.3, 0.4) is 0 Å². The molecule has 0 radical (unpaired) electrons. The van der Waals surface area contributed by atoms with Gasteiger partial charge in [0.05, 0.1) is 30.8 Å². The monoisotopic (exact) mass is 368 g/mol. The van der Waals surface area contributed by atoms with Crippen LogP contribution in [0.4, 0.5) is 5.88 Å². The van der Waals surface area contributed by atoms with Crippen molar-refractivity contribution in [3.05, 3.63) is 46.7 Å². The largest absolute Gasteiger partial charge is 0.493 e. The molecule has 0 spiro atoms. The summed E-state index contributed by atoms with van der Waals surface area (Å²) in [4.78, 5) is 4.62. The Morgan fingerprint density at radius 2 is 2.15 bits per heavy atom. The number of nitrogens with zero attached hydrogens (tertiary/aromatic N) is 2. The van der Waals surface area contributed by atoms with Crippen molar-refractivity contribution in [2.24, 2.45) is 5.73 Å². The second kappa shape index (κ2) is 7.62. The van der Waals surface area contributed by atoms with Crippen LogP contribution in [0.2, 0.25) is 0 Å². The SMILES string of the molecule is CCCc1nc2c(o1)NC(N)=C(C#N)C2c1ccc(OC(C)C)c(OC)c1. The van der Waals surface area contributed by atoms with E-state index in [1.165, 1.54) is 0 Å². The molecule has 142 valence electrons. The van der Waals surface area contributed by atoms with Crippen LogP contribution >= 0.6 is 0 Å². The predicted molar refractivity (Wildman–Crippen MR) is 102 cm³/mol. The van der Waals surface area contributed by atoms with Crippen LogP contribution in [0.5, 0.6) is 11.5 Å². The van der Waals surface area contributed by atoms with Crippen molar-refractivity contribution in [2.75, 3.05) is 12.4 Å². The van der Waals surface area contributed by atoms with Gasteiger partial charge in [-0.2, -0.15) is 5.26 Å². The first-order valence-corrected chi connectivity index (χ1v) is 8.99. The highest BCUT2D eigenvalue weighted by Crippen LogP contribution is 2.43. The van der Waals surface area contributed by atoms with Gasteiger partial charge in [-0.15, -0.1) is 0 Å². The van der Waals surface area contributed by atoms with Crippen LogP contribution in [0, 0.1) is 11.3 Å². The van der Waals surface area contributed by atoms with Crippen LogP contribution < -0.4 is 20.5 Å². The number of rotatable bonds is 6. The highest BCUT2D eigenvalue weighted by Gasteiger charge is 2.34. The summed E-state index contributed by atoms with van der Waals surface area (Å²) in [6, 6.07) is 7.81. The van der Waals surface area contributed by atoms with Gasteiger partial charge in [-0.05, 0) is 38.0 Å². The molecule has 0 saturated carbocycles. The predicted octanol–water partition coefficient (Wildman–Crippen LogP) is 3.67. The molecule has 3 rings (SSSR count). The molecule has 0 fully saturated rings. The third kappa shape index (κ3) is 3.56. The number of benzene rings is 1. The summed E-state index contributed by atoms with van der Waals surface area (Å²) in [5.41, 5.74) is 7.98. The fourth-order valence-corrected chi connectivity index (χ4v) is 3.13. The topological polar surface area (TPSA) is 106 Å². The number of oxazole rings is 1. The zero-order chi connectivity index (χ0) is 19.6. The molecule has 27 heavy (non-hydrogen) atoms. The summed E-state index contributed by atoms with van der Waals surface area (Å²) in [7, 11) is 1.59. The van der Waals surface area contributed by atoms with E-state index in [1.54, 1.807) is 7.11 Å². The Hall–Kier alpha value is -3.14. The minimum atomic E-state index is -0.428. The lowest BCUT2D eigenvalue weighted by Crippen LogP contribution is -2.22. The number of hydrogen-bond acceptors (Lipinski definition) is 7. The second-order valence-electron chi connectivity index (χ2n) is 6.65. The molecule has 1 atom stereocenters. The van der Waals surface area contributed by atoms with Crippen LogP contribution in [0.15, 0.2) is 34.0 Å². The molecule has 3 N–H and O–H groups in total. The number of hydrogen-bond donors (Lipinski definition) is 2. The molecule has 1 aliphatic rings. The van der Waals surface area contributed by atoms with E-state index in [2.05, 4.69) is 23.3 Å². The molecule has 1 aliphatic heterocycles. The summed E-state index contributed by atoms with van der Waals surface area (Å²) in [5.74, 6) is 2.19. The van der Waals surface area contributed by atoms with Crippen molar-refractivity contribution >= 4 is 5.88 Å². The minimum Gasteiger partial charge on any atom is -0.493 e. The van der Waals surface area contributed by atoms with Gasteiger partial charge in [-0.1, -0.05) is 13.0 Å². The summed E-state index contributed by atoms with van der Waals surface area (Å²) in [6.45, 7) is 5.96. The molecule has 0 aliphatic carbocycles. The van der Waals surface area contributed by atoms with Gasteiger partial charge >= 0.3 is 0 Å². The molecule has 0 bridgehead atoms. The van der Waals surface area contributed by atoms with Gasteiger partial charge in [-0.25, -0.2) is 4.98 Å². The molecule has 0 saturated heterocycles. The quantitative estimate of drug-likeness (QED) is 0.801. The maximum absolute atomic E-state index is 9.69. The average molecular weight is 368 g/mol. The van der Waals surface area contributed by atoms with Crippen molar-refractivity contribution < 1.29 is 13.9 Å².